The number of amides is 1. The number of nitrogens with one attached hydrogen (secondary N) is 1. The van der Waals surface area contributed by atoms with Crippen LogP contribution in [0.25, 0.3) is 0 Å². The van der Waals surface area contributed by atoms with E-state index in [9.17, 15) is 4.79 Å². The Morgan fingerprint density at radius 3 is 2.83 bits per heavy atom. The van der Waals surface area contributed by atoms with Crippen LogP contribution in [0.15, 0.2) is 0 Å². The molecule has 2 rings (SSSR count). The molecule has 5 nitrogen and oxygen atoms in total. The van der Waals surface area contributed by atoms with Gasteiger partial charge in [0.1, 0.15) is 0 Å². The van der Waals surface area contributed by atoms with E-state index in [1.165, 1.54) is 6.42 Å². The predicted molar refractivity (Wildman–Crippen MR) is 70.3 cm³/mol. The fourth-order valence-electron chi connectivity index (χ4n) is 2.78. The maximum absolute atomic E-state index is 12.1. The summed E-state index contributed by atoms with van der Waals surface area (Å²) in [5, 5.41) is 2.97. The number of likely N-dealkylation sites (N-methyl/N-ethyl adjacent to an activating group) is 1. The maximum Gasteiger partial charge on any atom is 0.240 e. The molecule has 1 atom stereocenters. The zero-order valence-electron chi connectivity index (χ0n) is 11.3. The van der Waals surface area contributed by atoms with Crippen LogP contribution >= 0.6 is 0 Å². The van der Waals surface area contributed by atoms with Gasteiger partial charge in [0.05, 0.1) is 18.2 Å². The second kappa shape index (κ2) is 5.99. The summed E-state index contributed by atoms with van der Waals surface area (Å²) < 4.78 is 5.62. The minimum absolute atomic E-state index is 0.000901. The van der Waals surface area contributed by atoms with Crippen molar-refractivity contribution in [2.75, 3.05) is 33.3 Å². The highest BCUT2D eigenvalue weighted by molar-refractivity contribution is 5.86. The van der Waals surface area contributed by atoms with Crippen LogP contribution in [0, 0.1) is 0 Å². The van der Waals surface area contributed by atoms with Crippen molar-refractivity contribution in [1.29, 1.82) is 0 Å². The molecule has 0 bridgehead atoms. The third kappa shape index (κ3) is 3.43. The third-order valence-electron chi connectivity index (χ3n) is 4.03. The molecular formula is C13H25N3O2. The Morgan fingerprint density at radius 2 is 2.17 bits per heavy atom. The Hall–Kier alpha value is -0.650. The topological polar surface area (TPSA) is 67.6 Å². The maximum atomic E-state index is 12.1. The van der Waals surface area contributed by atoms with Gasteiger partial charge in [0.2, 0.25) is 5.91 Å². The molecule has 2 fully saturated rings. The van der Waals surface area contributed by atoms with Crippen molar-refractivity contribution in [2.45, 2.75) is 43.7 Å². The van der Waals surface area contributed by atoms with E-state index in [0.29, 0.717) is 6.54 Å². The molecule has 1 saturated heterocycles. The molecule has 0 spiro atoms. The summed E-state index contributed by atoms with van der Waals surface area (Å²) in [7, 11) is 2.07. The third-order valence-corrected chi connectivity index (χ3v) is 4.03. The summed E-state index contributed by atoms with van der Waals surface area (Å²) in [6.45, 7) is 3.15. The van der Waals surface area contributed by atoms with E-state index in [1.54, 1.807) is 0 Å². The fourth-order valence-corrected chi connectivity index (χ4v) is 2.78. The second-order valence-corrected chi connectivity index (χ2v) is 5.68. The summed E-state index contributed by atoms with van der Waals surface area (Å²) >= 11 is 0. The molecule has 2 aliphatic rings. The van der Waals surface area contributed by atoms with Gasteiger partial charge in [-0.05, 0) is 19.9 Å². The highest BCUT2D eigenvalue weighted by Crippen LogP contribution is 2.25. The smallest absolute Gasteiger partial charge is 0.240 e. The summed E-state index contributed by atoms with van der Waals surface area (Å²) in [5.74, 6) is -0.000901. The summed E-state index contributed by atoms with van der Waals surface area (Å²) in [6.07, 6.45) is 5.04. The molecule has 0 aromatic heterocycles. The first kappa shape index (κ1) is 13.8. The number of carbonyl (C=O) groups excluding carboxylic acids is 1. The number of nitrogens with zero attached hydrogens (tertiary/aromatic N) is 1. The number of hydrogen-bond donors (Lipinski definition) is 2. The van der Waals surface area contributed by atoms with Gasteiger partial charge in [0.25, 0.3) is 0 Å². The van der Waals surface area contributed by atoms with Crippen molar-refractivity contribution >= 4 is 5.91 Å². The van der Waals surface area contributed by atoms with Crippen molar-refractivity contribution in [1.82, 2.24) is 10.2 Å². The van der Waals surface area contributed by atoms with E-state index in [4.69, 9.17) is 10.5 Å². The molecule has 5 heteroatoms. The van der Waals surface area contributed by atoms with Crippen LogP contribution in [0.1, 0.15) is 32.1 Å². The van der Waals surface area contributed by atoms with Crippen LogP contribution in [0.4, 0.5) is 0 Å². The Kier molecular flexibility index (Phi) is 4.59. The van der Waals surface area contributed by atoms with Gasteiger partial charge < -0.3 is 20.7 Å². The molecule has 1 saturated carbocycles. The average Bonchev–Trinajstić information content (AvgIpc) is 2.37. The average molecular weight is 255 g/mol. The van der Waals surface area contributed by atoms with Gasteiger partial charge in [-0.1, -0.05) is 19.3 Å². The molecule has 0 radical (unpaired) electrons. The summed E-state index contributed by atoms with van der Waals surface area (Å²) in [4.78, 5) is 14.4. The van der Waals surface area contributed by atoms with E-state index < -0.39 is 5.54 Å². The van der Waals surface area contributed by atoms with Gasteiger partial charge >= 0.3 is 0 Å². The number of hydrogen-bond acceptors (Lipinski definition) is 4. The number of rotatable bonds is 3. The Morgan fingerprint density at radius 1 is 1.44 bits per heavy atom. The highest BCUT2D eigenvalue weighted by Gasteiger charge is 2.35. The molecule has 1 amide bonds. The molecule has 1 aliphatic carbocycles. The van der Waals surface area contributed by atoms with Crippen molar-refractivity contribution in [3.63, 3.8) is 0 Å². The van der Waals surface area contributed by atoms with E-state index in [1.807, 2.05) is 0 Å². The lowest BCUT2D eigenvalue weighted by molar-refractivity contribution is -0.128. The molecule has 18 heavy (non-hydrogen) atoms. The zero-order valence-corrected chi connectivity index (χ0v) is 11.3. The van der Waals surface area contributed by atoms with Crippen molar-refractivity contribution in [2.24, 2.45) is 5.73 Å². The van der Waals surface area contributed by atoms with Crippen LogP contribution in [0.3, 0.4) is 0 Å². The Labute approximate surface area is 109 Å². The normalized spacial score (nSPS) is 28.9. The minimum atomic E-state index is -0.640. The Bertz CT molecular complexity index is 290. The molecule has 3 N–H and O–H groups in total. The quantitative estimate of drug-likeness (QED) is 0.750. The van der Waals surface area contributed by atoms with Gasteiger partial charge in [0.15, 0.2) is 0 Å². The molecule has 1 aliphatic heterocycles. The van der Waals surface area contributed by atoms with E-state index in [-0.39, 0.29) is 12.0 Å². The monoisotopic (exact) mass is 255 g/mol. The molecule has 104 valence electrons. The van der Waals surface area contributed by atoms with E-state index in [2.05, 4.69) is 17.3 Å². The van der Waals surface area contributed by atoms with E-state index in [0.717, 1.165) is 45.4 Å². The largest absolute Gasteiger partial charge is 0.374 e. The Balaban J connectivity index is 1.76. The van der Waals surface area contributed by atoms with Gasteiger partial charge in [-0.25, -0.2) is 0 Å². The van der Waals surface area contributed by atoms with Crippen LogP contribution in [0.5, 0.6) is 0 Å². The highest BCUT2D eigenvalue weighted by atomic mass is 16.5. The SMILES string of the molecule is CN1CCOC(CNC(=O)C2(N)CCCCC2)C1. The van der Waals surface area contributed by atoms with Crippen LogP contribution in [0.2, 0.25) is 0 Å². The van der Waals surface area contributed by atoms with Gasteiger partial charge in [-0.15, -0.1) is 0 Å². The molecule has 0 aromatic rings. The summed E-state index contributed by atoms with van der Waals surface area (Å²) in [5.41, 5.74) is 5.54. The number of nitrogens with two attached hydrogens (primary N) is 1. The first-order valence-corrected chi connectivity index (χ1v) is 6.97. The number of morpholine rings is 1. The zero-order chi connectivity index (χ0) is 13.0. The number of ether oxygens (including phenoxy) is 1. The first-order valence-electron chi connectivity index (χ1n) is 6.97. The minimum Gasteiger partial charge on any atom is -0.374 e. The number of carbonyl (C=O) groups is 1. The van der Waals surface area contributed by atoms with Crippen LogP contribution in [-0.2, 0) is 9.53 Å². The lowest BCUT2D eigenvalue weighted by atomic mass is 9.82. The molecule has 0 aromatic carbocycles. The lowest BCUT2D eigenvalue weighted by Crippen LogP contribution is -2.57. The van der Waals surface area contributed by atoms with Crippen LogP contribution < -0.4 is 11.1 Å². The van der Waals surface area contributed by atoms with Gasteiger partial charge in [-0.2, -0.15) is 0 Å². The van der Waals surface area contributed by atoms with Gasteiger partial charge in [-0.3, -0.25) is 4.79 Å². The molecule has 1 unspecified atom stereocenters. The van der Waals surface area contributed by atoms with Crippen molar-refractivity contribution < 1.29 is 9.53 Å². The second-order valence-electron chi connectivity index (χ2n) is 5.68. The molecule has 1 heterocycles. The predicted octanol–water partition coefficient (Wildman–Crippen LogP) is 0.0948. The standard InChI is InChI=1S/C13H25N3O2/c1-16-7-8-18-11(10-16)9-15-12(17)13(14)5-3-2-4-6-13/h11H,2-10,14H2,1H3,(H,15,17). The molecular weight excluding hydrogens is 230 g/mol. The van der Waals surface area contributed by atoms with E-state index >= 15 is 0 Å². The first-order chi connectivity index (χ1) is 8.60. The summed E-state index contributed by atoms with van der Waals surface area (Å²) in [6, 6.07) is 0. The lowest BCUT2D eigenvalue weighted by Gasteiger charge is -2.34. The van der Waals surface area contributed by atoms with Crippen molar-refractivity contribution in [3.05, 3.63) is 0 Å². The van der Waals surface area contributed by atoms with Crippen molar-refractivity contribution in [3.8, 4) is 0 Å². The fraction of sp³-hybridized carbons (Fsp3) is 0.923. The van der Waals surface area contributed by atoms with Gasteiger partial charge in [0, 0.05) is 19.6 Å². The van der Waals surface area contributed by atoms with Crippen LogP contribution in [-0.4, -0.2) is 55.7 Å².